The van der Waals surface area contributed by atoms with E-state index in [1.807, 2.05) is 25.1 Å². The Bertz CT molecular complexity index is 743. The van der Waals surface area contributed by atoms with Crippen LogP contribution in [0, 0.1) is 13.8 Å². The van der Waals surface area contributed by atoms with Crippen molar-refractivity contribution in [2.75, 3.05) is 13.2 Å². The van der Waals surface area contributed by atoms with Gasteiger partial charge in [-0.15, -0.1) is 0 Å². The number of carbonyl (C=O) groups is 2. The number of halogens is 2. The molecule has 0 aromatic carbocycles. The van der Waals surface area contributed by atoms with E-state index in [9.17, 15) is 9.59 Å². The Balaban J connectivity index is 0.00000420. The number of rotatable bonds is 11. The van der Waals surface area contributed by atoms with E-state index in [0.29, 0.717) is 38.9 Å². The predicted octanol–water partition coefficient (Wildman–Crippen LogP) is -3.48. The van der Waals surface area contributed by atoms with Crippen molar-refractivity contribution in [3.63, 3.8) is 0 Å². The summed E-state index contributed by atoms with van der Waals surface area (Å²) in [6, 6.07) is 0. The minimum absolute atomic E-state index is 0. The van der Waals surface area contributed by atoms with Crippen molar-refractivity contribution in [2.45, 2.75) is 52.4 Å². The third-order valence-electron chi connectivity index (χ3n) is 4.77. The number of nitrogens with zero attached hydrogens (tertiary/aromatic N) is 2. The molecule has 2 heterocycles. The van der Waals surface area contributed by atoms with Gasteiger partial charge in [0.1, 0.15) is 14.1 Å². The molecule has 6 nitrogen and oxygen atoms in total. The van der Waals surface area contributed by atoms with E-state index in [1.54, 1.807) is 22.7 Å². The van der Waals surface area contributed by atoms with Crippen molar-refractivity contribution >= 4 is 34.6 Å². The second-order valence-corrected chi connectivity index (χ2v) is 8.71. The Labute approximate surface area is 221 Å². The van der Waals surface area contributed by atoms with Crippen molar-refractivity contribution in [1.82, 2.24) is 0 Å². The van der Waals surface area contributed by atoms with Crippen LogP contribution in [0.25, 0.3) is 0 Å². The topological polar surface area (TPSA) is 60.4 Å². The van der Waals surface area contributed by atoms with Crippen molar-refractivity contribution in [3.8, 4) is 0 Å². The van der Waals surface area contributed by atoms with Crippen LogP contribution in [0.1, 0.15) is 46.8 Å². The quantitative estimate of drug-likeness (QED) is 0.107. The van der Waals surface area contributed by atoms with Crippen LogP contribution in [0.3, 0.4) is 0 Å². The molecule has 0 bridgehead atoms. The fourth-order valence-electron chi connectivity index (χ4n) is 2.69. The molecule has 0 fully saturated rings. The molecule has 0 saturated heterocycles. The minimum atomic E-state index is -0.201. The molecule has 0 aliphatic rings. The van der Waals surface area contributed by atoms with E-state index < -0.39 is 0 Å². The maximum atomic E-state index is 11.8. The zero-order valence-electron chi connectivity index (χ0n) is 17.9. The first-order chi connectivity index (χ1) is 13.4. The monoisotopic (exact) mass is 680 g/mol. The first-order valence-electron chi connectivity index (χ1n) is 9.55. The third kappa shape index (κ3) is 9.86. The second kappa shape index (κ2) is 15.5. The van der Waals surface area contributed by atoms with Crippen LogP contribution >= 0.6 is 22.7 Å². The normalized spacial score (nSPS) is 10.1. The summed E-state index contributed by atoms with van der Waals surface area (Å²) in [6.45, 7) is 4.94. The standard InChI is InChI=1S/C20H30N2O4S2.2HI/c1-15-17(27-13-21(15)3)9-11-25-19(23)7-5-6-8-20(24)26-12-10-18-16(2)22(4)14-28-18;;/h13-14H,5-12H2,1-4H3;2*1H/q+2;;/p-2. The summed E-state index contributed by atoms with van der Waals surface area (Å²) in [4.78, 5) is 26.1. The lowest BCUT2D eigenvalue weighted by molar-refractivity contribution is -0.673. The van der Waals surface area contributed by atoms with Gasteiger partial charge in [-0.25, -0.2) is 0 Å². The smallest absolute Gasteiger partial charge is 0.305 e. The summed E-state index contributed by atoms with van der Waals surface area (Å²) in [5.41, 5.74) is 6.52. The van der Waals surface area contributed by atoms with E-state index in [0.717, 1.165) is 12.8 Å². The summed E-state index contributed by atoms with van der Waals surface area (Å²) in [7, 11) is 4.02. The molecule has 0 atom stereocenters. The van der Waals surface area contributed by atoms with Gasteiger partial charge in [-0.05, 0) is 12.8 Å². The number of carbonyl (C=O) groups excluding carboxylic acids is 2. The van der Waals surface area contributed by atoms with Crippen LogP contribution in [-0.2, 0) is 46.0 Å². The van der Waals surface area contributed by atoms with Gasteiger partial charge >= 0.3 is 11.9 Å². The predicted molar refractivity (Wildman–Crippen MR) is 108 cm³/mol. The van der Waals surface area contributed by atoms with Crippen molar-refractivity contribution in [1.29, 1.82) is 0 Å². The van der Waals surface area contributed by atoms with Gasteiger partial charge in [0.2, 0.25) is 11.0 Å². The Morgan fingerprint density at radius 1 is 0.800 bits per heavy atom. The van der Waals surface area contributed by atoms with Crippen molar-refractivity contribution in [2.24, 2.45) is 14.1 Å². The molecule has 0 radical (unpaired) electrons. The molecule has 10 heteroatoms. The minimum Gasteiger partial charge on any atom is -1.00 e. The summed E-state index contributed by atoms with van der Waals surface area (Å²) in [6.07, 6.45) is 3.46. The molecule has 0 N–H and O–H groups in total. The third-order valence-corrected chi connectivity index (χ3v) is 7.18. The Hall–Kier alpha value is -0.340. The highest BCUT2D eigenvalue weighted by atomic mass is 127. The van der Waals surface area contributed by atoms with E-state index in [-0.39, 0.29) is 59.9 Å². The molecule has 0 unspecified atom stereocenters. The molecule has 2 aromatic heterocycles. The molecule has 2 rings (SSSR count). The zero-order valence-corrected chi connectivity index (χ0v) is 23.9. The average molecular weight is 680 g/mol. The van der Waals surface area contributed by atoms with E-state index in [4.69, 9.17) is 9.47 Å². The highest BCUT2D eigenvalue weighted by Crippen LogP contribution is 2.12. The first kappa shape index (κ1) is 29.7. The van der Waals surface area contributed by atoms with Gasteiger partial charge in [0.25, 0.3) is 0 Å². The van der Waals surface area contributed by atoms with Gasteiger partial charge < -0.3 is 57.4 Å². The average Bonchev–Trinajstić information content (AvgIpc) is 3.15. The fourth-order valence-corrected chi connectivity index (χ4v) is 4.60. The molecule has 170 valence electrons. The number of esters is 2. The van der Waals surface area contributed by atoms with Gasteiger partial charge in [0.05, 0.1) is 23.0 Å². The summed E-state index contributed by atoms with van der Waals surface area (Å²) < 4.78 is 14.7. The van der Waals surface area contributed by atoms with Crippen LogP contribution in [-0.4, -0.2) is 25.2 Å². The number of unbranched alkanes of at least 4 members (excludes halogenated alkanes) is 1. The molecular formula is C20H30I2N2O4S2. The largest absolute Gasteiger partial charge is 1.00 e. The number of hydrogen-bond donors (Lipinski definition) is 0. The van der Waals surface area contributed by atoms with Crippen LogP contribution in [0.2, 0.25) is 0 Å². The molecule has 0 aliphatic carbocycles. The Kier molecular flexibility index (Phi) is 15.3. The molecule has 0 amide bonds. The van der Waals surface area contributed by atoms with Crippen LogP contribution < -0.4 is 57.1 Å². The number of ether oxygens (including phenoxy) is 2. The molecule has 0 aliphatic heterocycles. The maximum absolute atomic E-state index is 11.8. The summed E-state index contributed by atoms with van der Waals surface area (Å²) >= 11 is 3.36. The van der Waals surface area contributed by atoms with Gasteiger partial charge in [-0.2, -0.15) is 9.13 Å². The van der Waals surface area contributed by atoms with Crippen LogP contribution in [0.5, 0.6) is 0 Å². The van der Waals surface area contributed by atoms with Crippen LogP contribution in [0.15, 0.2) is 11.0 Å². The lowest BCUT2D eigenvalue weighted by atomic mass is 10.2. The SMILES string of the molecule is Cc1c(CCOC(=O)CCCCC(=O)OCCc2sc[n+](C)c2C)sc[n+]1C.[I-].[I-]. The lowest BCUT2D eigenvalue weighted by Crippen LogP contribution is -3.00. The number of hydrogen-bond acceptors (Lipinski definition) is 6. The zero-order chi connectivity index (χ0) is 20.5. The molecule has 0 saturated carbocycles. The van der Waals surface area contributed by atoms with Gasteiger partial charge in [0, 0.05) is 39.5 Å². The van der Waals surface area contributed by atoms with E-state index in [1.165, 1.54) is 21.1 Å². The molecule has 0 spiro atoms. The molecular weight excluding hydrogens is 650 g/mol. The van der Waals surface area contributed by atoms with Gasteiger partial charge in [-0.3, -0.25) is 9.59 Å². The van der Waals surface area contributed by atoms with Gasteiger partial charge in [-0.1, -0.05) is 22.7 Å². The van der Waals surface area contributed by atoms with Crippen molar-refractivity contribution in [3.05, 3.63) is 32.2 Å². The highest BCUT2D eigenvalue weighted by molar-refractivity contribution is 7.09. The fraction of sp³-hybridized carbons (Fsp3) is 0.600. The lowest BCUT2D eigenvalue weighted by Gasteiger charge is -2.05. The first-order valence-corrected chi connectivity index (χ1v) is 11.3. The maximum Gasteiger partial charge on any atom is 0.305 e. The second-order valence-electron chi connectivity index (χ2n) is 6.83. The number of aromatic nitrogens is 2. The van der Waals surface area contributed by atoms with Crippen LogP contribution in [0.4, 0.5) is 0 Å². The Morgan fingerprint density at radius 2 is 1.17 bits per heavy atom. The number of thiazole rings is 2. The molecule has 2 aromatic rings. The highest BCUT2D eigenvalue weighted by Gasteiger charge is 2.13. The summed E-state index contributed by atoms with van der Waals surface area (Å²) in [5.74, 6) is -0.402. The molecule has 30 heavy (non-hydrogen) atoms. The number of aryl methyl sites for hydroxylation is 2. The van der Waals surface area contributed by atoms with Crippen molar-refractivity contribution < 1.29 is 76.2 Å². The van der Waals surface area contributed by atoms with E-state index >= 15 is 0 Å². The van der Waals surface area contributed by atoms with E-state index in [2.05, 4.69) is 23.0 Å². The van der Waals surface area contributed by atoms with Gasteiger partial charge in [0.15, 0.2) is 11.4 Å². The summed E-state index contributed by atoms with van der Waals surface area (Å²) in [5, 5.41) is 0. The Morgan fingerprint density at radius 3 is 1.47 bits per heavy atom.